The van der Waals surface area contributed by atoms with Crippen LogP contribution in [0.25, 0.3) is 0 Å². The Hall–Kier alpha value is -1.52. The van der Waals surface area contributed by atoms with Gasteiger partial charge >= 0.3 is 5.97 Å². The van der Waals surface area contributed by atoms with Crippen LogP contribution in [0.15, 0.2) is 30.5 Å². The molecule has 1 aromatic heterocycles. The maximum Gasteiger partial charge on any atom is 0.357 e. The van der Waals surface area contributed by atoms with E-state index in [4.69, 9.17) is 28.3 Å². The fourth-order valence-electron chi connectivity index (χ4n) is 1.40. The number of hydrogen-bond acceptors (Lipinski definition) is 2. The largest absolute Gasteiger partial charge is 0.476 e. The molecule has 1 heterocycles. The molecule has 2 rings (SSSR count). The second kappa shape index (κ2) is 4.77. The Morgan fingerprint density at radius 2 is 1.94 bits per heavy atom. The molecule has 0 amide bonds. The summed E-state index contributed by atoms with van der Waals surface area (Å²) < 4.78 is 1.48. The number of aromatic carboxylic acids is 1. The predicted octanol–water partition coefficient (Wildman–Crippen LogP) is 2.94. The van der Waals surface area contributed by atoms with Crippen LogP contribution in [0.5, 0.6) is 0 Å². The molecule has 0 fully saturated rings. The third kappa shape index (κ3) is 2.78. The minimum atomic E-state index is -1.13. The van der Waals surface area contributed by atoms with Gasteiger partial charge in [-0.1, -0.05) is 35.3 Å². The predicted molar refractivity (Wildman–Crippen MR) is 64.8 cm³/mol. The van der Waals surface area contributed by atoms with Crippen molar-refractivity contribution in [2.24, 2.45) is 0 Å². The van der Waals surface area contributed by atoms with Crippen LogP contribution < -0.4 is 0 Å². The number of benzene rings is 1. The molecule has 0 unspecified atom stereocenters. The molecule has 0 radical (unpaired) electrons. The van der Waals surface area contributed by atoms with E-state index >= 15 is 0 Å². The van der Waals surface area contributed by atoms with Crippen molar-refractivity contribution in [1.82, 2.24) is 9.78 Å². The fraction of sp³-hybridized carbons (Fsp3) is 0.0909. The topological polar surface area (TPSA) is 55.1 Å². The van der Waals surface area contributed by atoms with Crippen LogP contribution >= 0.6 is 23.2 Å². The van der Waals surface area contributed by atoms with Gasteiger partial charge in [0.05, 0.1) is 11.6 Å². The first-order chi connectivity index (χ1) is 8.06. The lowest BCUT2D eigenvalue weighted by atomic mass is 10.2. The number of carbonyl (C=O) groups is 1. The van der Waals surface area contributed by atoms with Crippen molar-refractivity contribution in [3.63, 3.8) is 0 Å². The molecule has 1 N–H and O–H groups in total. The van der Waals surface area contributed by atoms with Gasteiger partial charge in [0.25, 0.3) is 0 Å². The van der Waals surface area contributed by atoms with E-state index in [2.05, 4.69) is 5.10 Å². The molecule has 0 saturated carbocycles. The quantitative estimate of drug-likeness (QED) is 0.933. The number of rotatable bonds is 3. The van der Waals surface area contributed by atoms with Crippen LogP contribution in [0.4, 0.5) is 0 Å². The molecule has 0 spiro atoms. The SMILES string of the molecule is O=C(O)c1nn(Cc2ccc(Cl)cc2)cc1Cl. The molecular formula is C11H8Cl2N2O2. The van der Waals surface area contributed by atoms with E-state index in [1.54, 1.807) is 12.1 Å². The van der Waals surface area contributed by atoms with Crippen LogP contribution in [0, 0.1) is 0 Å². The Labute approximate surface area is 107 Å². The summed E-state index contributed by atoms with van der Waals surface area (Å²) in [6, 6.07) is 7.22. The van der Waals surface area contributed by atoms with Crippen LogP contribution in [0.3, 0.4) is 0 Å². The third-order valence-electron chi connectivity index (χ3n) is 2.18. The van der Waals surface area contributed by atoms with Gasteiger partial charge in [0.15, 0.2) is 5.69 Å². The highest BCUT2D eigenvalue weighted by atomic mass is 35.5. The third-order valence-corrected chi connectivity index (χ3v) is 2.71. The zero-order valence-corrected chi connectivity index (χ0v) is 10.1. The first kappa shape index (κ1) is 12.0. The van der Waals surface area contributed by atoms with Crippen molar-refractivity contribution in [2.45, 2.75) is 6.54 Å². The van der Waals surface area contributed by atoms with Gasteiger partial charge in [0.1, 0.15) is 0 Å². The average Bonchev–Trinajstić information content (AvgIpc) is 2.63. The molecule has 2 aromatic rings. The molecular weight excluding hydrogens is 263 g/mol. The summed E-state index contributed by atoms with van der Waals surface area (Å²) in [5, 5.41) is 13.5. The molecule has 0 saturated heterocycles. The van der Waals surface area contributed by atoms with Crippen LogP contribution in [-0.4, -0.2) is 20.9 Å². The molecule has 4 nitrogen and oxygen atoms in total. The number of aromatic nitrogens is 2. The normalized spacial score (nSPS) is 10.5. The molecule has 0 aliphatic rings. The van der Waals surface area contributed by atoms with Crippen molar-refractivity contribution < 1.29 is 9.90 Å². The lowest BCUT2D eigenvalue weighted by Gasteiger charge is -2.01. The highest BCUT2D eigenvalue weighted by Gasteiger charge is 2.13. The van der Waals surface area contributed by atoms with E-state index in [1.165, 1.54) is 10.9 Å². The summed E-state index contributed by atoms with van der Waals surface area (Å²) in [7, 11) is 0. The number of nitrogens with zero attached hydrogens (tertiary/aromatic N) is 2. The molecule has 0 atom stereocenters. The summed E-state index contributed by atoms with van der Waals surface area (Å²) in [5.41, 5.74) is 0.825. The molecule has 17 heavy (non-hydrogen) atoms. The van der Waals surface area contributed by atoms with Crippen LogP contribution in [-0.2, 0) is 6.54 Å². The summed E-state index contributed by atoms with van der Waals surface area (Å²) >= 11 is 11.5. The molecule has 0 aliphatic heterocycles. The van der Waals surface area contributed by atoms with Gasteiger partial charge < -0.3 is 5.11 Å². The van der Waals surface area contributed by atoms with Crippen molar-refractivity contribution in [1.29, 1.82) is 0 Å². The number of halogens is 2. The standard InChI is InChI=1S/C11H8Cl2N2O2/c12-8-3-1-7(2-4-8)5-15-6-9(13)10(14-15)11(16)17/h1-4,6H,5H2,(H,16,17). The highest BCUT2D eigenvalue weighted by Crippen LogP contribution is 2.15. The first-order valence-corrected chi connectivity index (χ1v) is 5.52. The Balaban J connectivity index is 2.22. The van der Waals surface area contributed by atoms with E-state index in [0.29, 0.717) is 11.6 Å². The Morgan fingerprint density at radius 3 is 2.47 bits per heavy atom. The van der Waals surface area contributed by atoms with Gasteiger partial charge in [-0.25, -0.2) is 4.79 Å². The van der Waals surface area contributed by atoms with Crippen molar-refractivity contribution in [3.8, 4) is 0 Å². The van der Waals surface area contributed by atoms with E-state index in [0.717, 1.165) is 5.56 Å². The Bertz CT molecular complexity index is 549. The van der Waals surface area contributed by atoms with Gasteiger partial charge in [0, 0.05) is 11.2 Å². The second-order valence-electron chi connectivity index (χ2n) is 3.45. The number of carboxylic acid groups (broad SMARTS) is 1. The molecule has 88 valence electrons. The maximum absolute atomic E-state index is 10.8. The monoisotopic (exact) mass is 270 g/mol. The second-order valence-corrected chi connectivity index (χ2v) is 4.30. The summed E-state index contributed by atoms with van der Waals surface area (Å²) in [6.45, 7) is 0.449. The number of carboxylic acids is 1. The summed E-state index contributed by atoms with van der Waals surface area (Å²) in [4.78, 5) is 10.8. The smallest absolute Gasteiger partial charge is 0.357 e. The van der Waals surface area contributed by atoms with E-state index < -0.39 is 5.97 Å². The van der Waals surface area contributed by atoms with Gasteiger partial charge in [-0.15, -0.1) is 0 Å². The zero-order chi connectivity index (χ0) is 12.4. The van der Waals surface area contributed by atoms with Gasteiger partial charge in [-0.2, -0.15) is 5.10 Å². The average molecular weight is 271 g/mol. The maximum atomic E-state index is 10.8. The Kier molecular flexibility index (Phi) is 3.36. The molecule has 0 bridgehead atoms. The lowest BCUT2D eigenvalue weighted by molar-refractivity contribution is 0.0689. The lowest BCUT2D eigenvalue weighted by Crippen LogP contribution is -2.03. The molecule has 6 heteroatoms. The summed E-state index contributed by atoms with van der Waals surface area (Å²) in [5.74, 6) is -1.13. The minimum Gasteiger partial charge on any atom is -0.476 e. The van der Waals surface area contributed by atoms with E-state index in [9.17, 15) is 4.79 Å². The van der Waals surface area contributed by atoms with Crippen molar-refractivity contribution in [3.05, 3.63) is 51.8 Å². The fourth-order valence-corrected chi connectivity index (χ4v) is 1.76. The van der Waals surface area contributed by atoms with Crippen molar-refractivity contribution in [2.75, 3.05) is 0 Å². The number of hydrogen-bond donors (Lipinski definition) is 1. The zero-order valence-electron chi connectivity index (χ0n) is 8.60. The molecule has 1 aromatic carbocycles. The van der Waals surface area contributed by atoms with E-state index in [1.807, 2.05) is 12.1 Å². The van der Waals surface area contributed by atoms with E-state index in [-0.39, 0.29) is 10.7 Å². The van der Waals surface area contributed by atoms with Gasteiger partial charge in [-0.3, -0.25) is 4.68 Å². The van der Waals surface area contributed by atoms with Gasteiger partial charge in [-0.05, 0) is 17.7 Å². The highest BCUT2D eigenvalue weighted by molar-refractivity contribution is 6.33. The van der Waals surface area contributed by atoms with Crippen LogP contribution in [0.2, 0.25) is 10.0 Å². The minimum absolute atomic E-state index is 0.131. The molecule has 0 aliphatic carbocycles. The van der Waals surface area contributed by atoms with Crippen molar-refractivity contribution >= 4 is 29.2 Å². The summed E-state index contributed by atoms with van der Waals surface area (Å²) in [6.07, 6.45) is 1.49. The first-order valence-electron chi connectivity index (χ1n) is 4.77. The Morgan fingerprint density at radius 1 is 1.29 bits per heavy atom. The van der Waals surface area contributed by atoms with Gasteiger partial charge in [0.2, 0.25) is 0 Å². The van der Waals surface area contributed by atoms with Crippen LogP contribution in [0.1, 0.15) is 16.1 Å².